The maximum Gasteiger partial charge on any atom is 0.0948 e. The van der Waals surface area contributed by atoms with Crippen LogP contribution < -0.4 is 5.32 Å². The van der Waals surface area contributed by atoms with Gasteiger partial charge in [0.05, 0.1) is 23.0 Å². The molecule has 2 aromatic rings. The molecule has 2 aromatic heterocycles. The standard InChI is InChI=1S/C16H24ClN5O/c1-3-22-10-13(8-19-22)16-12(5-4-6-23-16)7-18-9-15-14(17)11-21(2)20-15/h8,10-12,16,18H,3-7,9H2,1-2H3/t12-,16+/m0/s1. The van der Waals surface area contributed by atoms with Crippen LogP contribution in [0.5, 0.6) is 0 Å². The van der Waals surface area contributed by atoms with Crippen LogP contribution in [-0.4, -0.2) is 32.7 Å². The highest BCUT2D eigenvalue weighted by molar-refractivity contribution is 6.31. The number of ether oxygens (including phenoxy) is 1. The van der Waals surface area contributed by atoms with Crippen molar-refractivity contribution in [3.8, 4) is 0 Å². The molecule has 6 nitrogen and oxygen atoms in total. The molecule has 0 spiro atoms. The molecular weight excluding hydrogens is 314 g/mol. The fraction of sp³-hybridized carbons (Fsp3) is 0.625. The molecule has 1 saturated heterocycles. The summed E-state index contributed by atoms with van der Waals surface area (Å²) in [5, 5.41) is 12.9. The predicted molar refractivity (Wildman–Crippen MR) is 89.2 cm³/mol. The molecule has 1 fully saturated rings. The van der Waals surface area contributed by atoms with Gasteiger partial charge in [0.25, 0.3) is 0 Å². The summed E-state index contributed by atoms with van der Waals surface area (Å²) < 4.78 is 9.72. The summed E-state index contributed by atoms with van der Waals surface area (Å²) in [6.45, 7) is 5.36. The number of aromatic nitrogens is 4. The lowest BCUT2D eigenvalue weighted by Crippen LogP contribution is -2.31. The molecule has 0 aromatic carbocycles. The highest BCUT2D eigenvalue weighted by Gasteiger charge is 2.28. The predicted octanol–water partition coefficient (Wildman–Crippen LogP) is 2.55. The van der Waals surface area contributed by atoms with Gasteiger partial charge in [-0.1, -0.05) is 11.6 Å². The maximum absolute atomic E-state index is 6.15. The quantitative estimate of drug-likeness (QED) is 0.880. The minimum absolute atomic E-state index is 0.121. The van der Waals surface area contributed by atoms with Gasteiger partial charge in [0.15, 0.2) is 0 Å². The number of halogens is 1. The van der Waals surface area contributed by atoms with Gasteiger partial charge in [0.1, 0.15) is 0 Å². The molecule has 0 bridgehead atoms. The summed E-state index contributed by atoms with van der Waals surface area (Å²) in [6.07, 6.45) is 8.24. The second-order valence-corrected chi connectivity index (χ2v) is 6.46. The van der Waals surface area contributed by atoms with Crippen LogP contribution in [0.1, 0.15) is 37.1 Å². The molecule has 1 aliphatic rings. The van der Waals surface area contributed by atoms with E-state index in [0.29, 0.717) is 17.5 Å². The van der Waals surface area contributed by atoms with Crippen LogP contribution in [-0.2, 0) is 24.9 Å². The van der Waals surface area contributed by atoms with Crippen molar-refractivity contribution in [2.75, 3.05) is 13.2 Å². The molecule has 23 heavy (non-hydrogen) atoms. The zero-order valence-corrected chi connectivity index (χ0v) is 14.5. The van der Waals surface area contributed by atoms with Gasteiger partial charge in [-0.15, -0.1) is 0 Å². The molecule has 0 amide bonds. The fourth-order valence-electron chi connectivity index (χ4n) is 3.12. The van der Waals surface area contributed by atoms with Gasteiger partial charge in [-0.25, -0.2) is 0 Å². The first-order valence-corrected chi connectivity index (χ1v) is 8.58. The highest BCUT2D eigenvalue weighted by Crippen LogP contribution is 2.33. The Bertz CT molecular complexity index is 638. The second-order valence-electron chi connectivity index (χ2n) is 6.05. The third-order valence-electron chi connectivity index (χ3n) is 4.30. The van der Waals surface area contributed by atoms with E-state index in [4.69, 9.17) is 16.3 Å². The number of rotatable bonds is 6. The summed E-state index contributed by atoms with van der Waals surface area (Å²) >= 11 is 6.15. The Morgan fingerprint density at radius 1 is 1.43 bits per heavy atom. The van der Waals surface area contributed by atoms with Crippen molar-refractivity contribution in [1.82, 2.24) is 24.9 Å². The number of aryl methyl sites for hydroxylation is 2. The van der Waals surface area contributed by atoms with Gasteiger partial charge in [-0.05, 0) is 19.8 Å². The van der Waals surface area contributed by atoms with Crippen molar-refractivity contribution in [3.05, 3.63) is 34.9 Å². The number of hydrogen-bond donors (Lipinski definition) is 1. The maximum atomic E-state index is 6.15. The zero-order chi connectivity index (χ0) is 16.2. The van der Waals surface area contributed by atoms with Crippen LogP contribution in [0.4, 0.5) is 0 Å². The van der Waals surface area contributed by atoms with Crippen molar-refractivity contribution < 1.29 is 4.74 Å². The van der Waals surface area contributed by atoms with E-state index < -0.39 is 0 Å². The molecule has 1 aliphatic heterocycles. The van der Waals surface area contributed by atoms with E-state index in [1.54, 1.807) is 4.68 Å². The second kappa shape index (κ2) is 7.47. The molecule has 1 N–H and O–H groups in total. The smallest absolute Gasteiger partial charge is 0.0948 e. The van der Waals surface area contributed by atoms with Crippen LogP contribution in [0.2, 0.25) is 5.02 Å². The summed E-state index contributed by atoms with van der Waals surface area (Å²) in [4.78, 5) is 0. The molecule has 126 valence electrons. The largest absolute Gasteiger partial charge is 0.373 e. The fourth-order valence-corrected chi connectivity index (χ4v) is 3.37. The van der Waals surface area contributed by atoms with Crippen LogP contribution in [0.25, 0.3) is 0 Å². The molecule has 0 unspecified atom stereocenters. The lowest BCUT2D eigenvalue weighted by Gasteiger charge is -2.31. The molecule has 3 rings (SSSR count). The van der Waals surface area contributed by atoms with E-state index in [-0.39, 0.29) is 6.10 Å². The Morgan fingerprint density at radius 2 is 2.30 bits per heavy atom. The SMILES string of the molecule is CCn1cc([C@@H]2OCCC[C@H]2CNCc2nn(C)cc2Cl)cn1. The summed E-state index contributed by atoms with van der Waals surface area (Å²) in [6, 6.07) is 0. The first-order valence-electron chi connectivity index (χ1n) is 8.20. The normalized spacial score (nSPS) is 21.7. The first-order chi connectivity index (χ1) is 11.2. The average molecular weight is 338 g/mol. The van der Waals surface area contributed by atoms with Crippen LogP contribution in [0.3, 0.4) is 0 Å². The number of nitrogens with zero attached hydrogens (tertiary/aromatic N) is 4. The minimum atomic E-state index is 0.121. The molecule has 0 saturated carbocycles. The van der Waals surface area contributed by atoms with Crippen LogP contribution >= 0.6 is 11.6 Å². The Balaban J connectivity index is 1.59. The molecule has 0 radical (unpaired) electrons. The number of nitrogens with one attached hydrogen (secondary N) is 1. The van der Waals surface area contributed by atoms with Crippen molar-refractivity contribution in [2.45, 2.75) is 39.0 Å². The van der Waals surface area contributed by atoms with E-state index in [1.807, 2.05) is 24.1 Å². The molecule has 0 aliphatic carbocycles. The Hall–Kier alpha value is -1.37. The summed E-state index contributed by atoms with van der Waals surface area (Å²) in [5.41, 5.74) is 2.07. The lowest BCUT2D eigenvalue weighted by atomic mass is 9.91. The third kappa shape index (κ3) is 3.94. The van der Waals surface area contributed by atoms with Crippen molar-refractivity contribution in [2.24, 2.45) is 13.0 Å². The van der Waals surface area contributed by atoms with E-state index in [0.717, 1.165) is 38.2 Å². The lowest BCUT2D eigenvalue weighted by molar-refractivity contribution is -0.0279. The Kier molecular flexibility index (Phi) is 5.35. The summed E-state index contributed by atoms with van der Waals surface area (Å²) in [5.74, 6) is 0.445. The van der Waals surface area contributed by atoms with Crippen molar-refractivity contribution in [1.29, 1.82) is 0 Å². The molecular formula is C16H24ClN5O. The summed E-state index contributed by atoms with van der Waals surface area (Å²) in [7, 11) is 1.88. The van der Waals surface area contributed by atoms with E-state index >= 15 is 0 Å². The Morgan fingerprint density at radius 3 is 3.00 bits per heavy atom. The van der Waals surface area contributed by atoms with Gasteiger partial charge < -0.3 is 10.1 Å². The van der Waals surface area contributed by atoms with Crippen molar-refractivity contribution >= 4 is 11.6 Å². The molecule has 3 heterocycles. The monoisotopic (exact) mass is 337 g/mol. The molecule has 2 atom stereocenters. The zero-order valence-electron chi connectivity index (χ0n) is 13.7. The minimum Gasteiger partial charge on any atom is -0.373 e. The third-order valence-corrected chi connectivity index (χ3v) is 4.62. The van der Waals surface area contributed by atoms with Crippen LogP contribution in [0.15, 0.2) is 18.6 Å². The van der Waals surface area contributed by atoms with Gasteiger partial charge in [0, 0.05) is 57.2 Å². The van der Waals surface area contributed by atoms with E-state index in [9.17, 15) is 0 Å². The topological polar surface area (TPSA) is 56.9 Å². The van der Waals surface area contributed by atoms with E-state index in [2.05, 4.69) is 28.6 Å². The Labute approximate surface area is 141 Å². The van der Waals surface area contributed by atoms with Crippen LogP contribution in [0, 0.1) is 5.92 Å². The first kappa shape index (κ1) is 16.5. The van der Waals surface area contributed by atoms with E-state index in [1.165, 1.54) is 5.56 Å². The van der Waals surface area contributed by atoms with Gasteiger partial charge in [-0.2, -0.15) is 10.2 Å². The molecule has 7 heteroatoms. The number of hydrogen-bond acceptors (Lipinski definition) is 4. The van der Waals surface area contributed by atoms with Gasteiger partial charge in [0.2, 0.25) is 0 Å². The van der Waals surface area contributed by atoms with Crippen molar-refractivity contribution in [3.63, 3.8) is 0 Å². The highest BCUT2D eigenvalue weighted by atomic mass is 35.5. The average Bonchev–Trinajstić information content (AvgIpc) is 3.14. The van der Waals surface area contributed by atoms with Gasteiger partial charge >= 0.3 is 0 Å². The van der Waals surface area contributed by atoms with Gasteiger partial charge in [-0.3, -0.25) is 9.36 Å².